The molecule has 0 aromatic carbocycles. The Labute approximate surface area is 109 Å². The van der Waals surface area contributed by atoms with E-state index in [0.29, 0.717) is 0 Å². The molecule has 0 saturated carbocycles. The average Bonchev–Trinajstić information content (AvgIpc) is 2.61. The van der Waals surface area contributed by atoms with Crippen LogP contribution in [0.5, 0.6) is 0 Å². The number of hydrogen-bond acceptors (Lipinski definition) is 4. The lowest BCUT2D eigenvalue weighted by Gasteiger charge is -2.35. The highest BCUT2D eigenvalue weighted by atomic mass is 32.2. The molecule has 1 aliphatic heterocycles. The van der Waals surface area contributed by atoms with Crippen molar-refractivity contribution in [2.45, 2.75) is 44.1 Å². The summed E-state index contributed by atoms with van der Waals surface area (Å²) >= 11 is 1.42. The van der Waals surface area contributed by atoms with Gasteiger partial charge in [0.15, 0.2) is 0 Å². The maximum Gasteiger partial charge on any atom is 0.469 e. The van der Waals surface area contributed by atoms with Crippen molar-refractivity contribution >= 4 is 27.2 Å². The van der Waals surface area contributed by atoms with E-state index in [2.05, 4.69) is 33.9 Å². The summed E-state index contributed by atoms with van der Waals surface area (Å²) in [5, 5.41) is 18.0. The summed E-state index contributed by atoms with van der Waals surface area (Å²) in [4.78, 5) is 0.952. The predicted molar refractivity (Wildman–Crippen MR) is 77.1 cm³/mol. The minimum atomic E-state index is -1.77. The Kier molecular flexibility index (Phi) is 4.57. The zero-order valence-corrected chi connectivity index (χ0v) is 12.9. The van der Waals surface area contributed by atoms with Crippen molar-refractivity contribution < 1.29 is 14.5 Å². The van der Waals surface area contributed by atoms with Gasteiger partial charge in [0, 0.05) is 4.91 Å². The predicted octanol–water partition coefficient (Wildman–Crippen LogP) is 2.53. The van der Waals surface area contributed by atoms with Crippen LogP contribution in [0.15, 0.2) is 23.3 Å². The van der Waals surface area contributed by atoms with Crippen LogP contribution in [0.25, 0.3) is 0 Å². The average molecular weight is 272 g/mol. The first kappa shape index (κ1) is 14.9. The lowest BCUT2D eigenvalue weighted by molar-refractivity contribution is 0.409. The van der Waals surface area contributed by atoms with Gasteiger partial charge in [0.05, 0.1) is 11.4 Å². The molecule has 0 bridgehead atoms. The third-order valence-corrected chi connectivity index (χ3v) is 8.79. The third kappa shape index (κ3) is 3.91. The zero-order chi connectivity index (χ0) is 13.3. The Morgan fingerprint density at radius 3 is 2.41 bits per heavy atom. The van der Waals surface area contributed by atoms with Crippen LogP contribution in [0.1, 0.15) is 20.8 Å². The summed E-state index contributed by atoms with van der Waals surface area (Å²) in [6.07, 6.45) is 5.43. The molecule has 1 unspecified atom stereocenters. The Morgan fingerprint density at radius 2 is 2.00 bits per heavy atom. The molecule has 96 valence electrons. The molecular formula is C11H21BO3SSi. The van der Waals surface area contributed by atoms with E-state index in [1.54, 1.807) is 12.3 Å². The van der Waals surface area contributed by atoms with Crippen molar-refractivity contribution in [3.63, 3.8) is 0 Å². The molecule has 6 heteroatoms. The molecule has 2 N–H and O–H groups in total. The molecule has 0 radical (unpaired) electrons. The Hall–Kier alpha value is -0.168. The normalized spacial score (nSPS) is 23.2. The zero-order valence-electron chi connectivity index (χ0n) is 11.1. The standard InChI is InChI=1S/C11H21BO3SSi/c1-11(2,3)17(4,5)15-8-9-6-7-10(16-9)12(13)14/h6-8,10,13-14H,1-5H3. The molecule has 0 aromatic heterocycles. The van der Waals surface area contributed by atoms with Gasteiger partial charge in [-0.2, -0.15) is 0 Å². The summed E-state index contributed by atoms with van der Waals surface area (Å²) in [5.41, 5.74) is 0. The van der Waals surface area contributed by atoms with Crippen LogP contribution in [0.2, 0.25) is 18.1 Å². The number of hydrogen-bond donors (Lipinski definition) is 2. The van der Waals surface area contributed by atoms with Crippen molar-refractivity contribution in [3.05, 3.63) is 23.3 Å². The minimum absolute atomic E-state index is 0.174. The third-order valence-electron chi connectivity index (χ3n) is 3.29. The molecule has 1 heterocycles. The summed E-state index contributed by atoms with van der Waals surface area (Å²) in [5.74, 6) is 0. The molecule has 1 aliphatic rings. The highest BCUT2D eigenvalue weighted by molar-refractivity contribution is 8.05. The molecule has 1 atom stereocenters. The summed E-state index contributed by atoms with van der Waals surface area (Å²) in [7, 11) is -3.08. The molecule has 0 amide bonds. The summed E-state index contributed by atoms with van der Waals surface area (Å²) in [6.45, 7) is 10.9. The van der Waals surface area contributed by atoms with Gasteiger partial charge in [0.25, 0.3) is 0 Å². The van der Waals surface area contributed by atoms with Crippen LogP contribution in [0, 0.1) is 0 Å². The second-order valence-electron chi connectivity index (χ2n) is 5.75. The highest BCUT2D eigenvalue weighted by Gasteiger charge is 2.38. The largest absolute Gasteiger partial charge is 0.548 e. The van der Waals surface area contributed by atoms with Crippen LogP contribution in [-0.2, 0) is 4.43 Å². The van der Waals surface area contributed by atoms with E-state index < -0.39 is 15.4 Å². The lowest BCUT2D eigenvalue weighted by atomic mass is 9.85. The Bertz CT molecular complexity index is 334. The fourth-order valence-corrected chi connectivity index (χ4v) is 2.75. The molecule has 0 aromatic rings. The van der Waals surface area contributed by atoms with Crippen LogP contribution >= 0.6 is 11.8 Å². The first-order valence-electron chi connectivity index (χ1n) is 5.72. The first-order chi connectivity index (χ1) is 7.63. The summed E-state index contributed by atoms with van der Waals surface area (Å²) in [6, 6.07) is 0. The van der Waals surface area contributed by atoms with Crippen molar-refractivity contribution in [2.24, 2.45) is 0 Å². The molecule has 0 spiro atoms. The van der Waals surface area contributed by atoms with Crippen molar-refractivity contribution in [1.82, 2.24) is 0 Å². The van der Waals surface area contributed by atoms with E-state index in [-0.39, 0.29) is 10.2 Å². The minimum Gasteiger partial charge on any atom is -0.548 e. The maximum absolute atomic E-state index is 9.05. The van der Waals surface area contributed by atoms with Crippen LogP contribution < -0.4 is 0 Å². The molecule has 3 nitrogen and oxygen atoms in total. The number of allylic oxidation sites excluding steroid dienone is 1. The van der Waals surface area contributed by atoms with Gasteiger partial charge in [-0.1, -0.05) is 26.8 Å². The second-order valence-corrected chi connectivity index (χ2v) is 11.8. The van der Waals surface area contributed by atoms with Crippen LogP contribution in [-0.4, -0.2) is 30.6 Å². The molecule has 0 aliphatic carbocycles. The van der Waals surface area contributed by atoms with Gasteiger partial charge in [-0.3, -0.25) is 0 Å². The van der Waals surface area contributed by atoms with Gasteiger partial charge < -0.3 is 14.5 Å². The van der Waals surface area contributed by atoms with E-state index in [1.165, 1.54) is 11.8 Å². The van der Waals surface area contributed by atoms with Gasteiger partial charge in [0.2, 0.25) is 8.32 Å². The highest BCUT2D eigenvalue weighted by Crippen LogP contribution is 2.38. The van der Waals surface area contributed by atoms with E-state index in [1.807, 2.05) is 6.08 Å². The van der Waals surface area contributed by atoms with Gasteiger partial charge in [-0.15, -0.1) is 11.8 Å². The maximum atomic E-state index is 9.05. The quantitative estimate of drug-likeness (QED) is 0.612. The fourth-order valence-electron chi connectivity index (χ4n) is 1.03. The van der Waals surface area contributed by atoms with Gasteiger partial charge in [-0.05, 0) is 24.2 Å². The SMILES string of the molecule is CC(C)(C)[Si](C)(C)OC=C1C=CC(B(O)O)S1. The van der Waals surface area contributed by atoms with Crippen LogP contribution in [0.4, 0.5) is 0 Å². The second kappa shape index (κ2) is 5.22. The molecule has 0 fully saturated rings. The Balaban J connectivity index is 2.60. The van der Waals surface area contributed by atoms with Gasteiger partial charge in [-0.25, -0.2) is 0 Å². The summed E-state index contributed by atoms with van der Waals surface area (Å²) < 4.78 is 5.95. The van der Waals surface area contributed by atoms with Crippen molar-refractivity contribution in [1.29, 1.82) is 0 Å². The van der Waals surface area contributed by atoms with Crippen LogP contribution in [0.3, 0.4) is 0 Å². The first-order valence-corrected chi connectivity index (χ1v) is 9.51. The van der Waals surface area contributed by atoms with Crippen molar-refractivity contribution in [2.75, 3.05) is 0 Å². The number of rotatable bonds is 3. The van der Waals surface area contributed by atoms with E-state index in [9.17, 15) is 0 Å². The molecule has 0 saturated heterocycles. The van der Waals surface area contributed by atoms with Gasteiger partial charge in [0.1, 0.15) is 0 Å². The lowest BCUT2D eigenvalue weighted by Crippen LogP contribution is -2.39. The Morgan fingerprint density at radius 1 is 1.41 bits per heavy atom. The number of thioether (sulfide) groups is 1. The van der Waals surface area contributed by atoms with E-state index >= 15 is 0 Å². The van der Waals surface area contributed by atoms with Crippen molar-refractivity contribution in [3.8, 4) is 0 Å². The van der Waals surface area contributed by atoms with E-state index in [4.69, 9.17) is 14.5 Å². The molecule has 17 heavy (non-hydrogen) atoms. The van der Waals surface area contributed by atoms with E-state index in [0.717, 1.165) is 4.91 Å². The smallest absolute Gasteiger partial charge is 0.469 e. The monoisotopic (exact) mass is 272 g/mol. The fraction of sp³-hybridized carbons (Fsp3) is 0.636. The molecular weight excluding hydrogens is 251 g/mol. The topological polar surface area (TPSA) is 49.7 Å². The van der Waals surface area contributed by atoms with Gasteiger partial charge >= 0.3 is 7.12 Å². The molecule has 1 rings (SSSR count).